The first-order chi connectivity index (χ1) is 21.9. The fourth-order valence-corrected chi connectivity index (χ4v) is 7.01. The number of amides is 2. The Labute approximate surface area is 270 Å². The molecule has 6 atom stereocenters. The van der Waals surface area contributed by atoms with E-state index < -0.39 is 83.2 Å². The molecule has 3 aliphatic rings. The molecule has 10 nitrogen and oxygen atoms in total. The summed E-state index contributed by atoms with van der Waals surface area (Å²) in [5.74, 6) is -11.9. The van der Waals surface area contributed by atoms with Gasteiger partial charge in [0.25, 0.3) is 0 Å². The van der Waals surface area contributed by atoms with Crippen molar-refractivity contribution in [2.24, 2.45) is 17.3 Å². The normalized spacial score (nSPS) is 29.9. The standard InChI is InChI=1S/C33H42F4N4O6/c1-17-24-16-41(25(17)18(2)42)29(43)27(31(3,4)5)40-30(44)47-23-11-7-9-19(23)10-8-14-32(34,35)33(36,37)26-28(46-24)39-22-15-20(45-6)12-13-21(22)38-26/h12-13,15,17,19,23-25,27H,7-11,14,16H2,1-6H3,(H,40,44)/t17-,19+,23-,24+,25+,27-/m1/s1. The van der Waals surface area contributed by atoms with Gasteiger partial charge < -0.3 is 24.4 Å². The minimum atomic E-state index is -4.80. The van der Waals surface area contributed by atoms with Crippen LogP contribution in [0.3, 0.4) is 0 Å². The van der Waals surface area contributed by atoms with E-state index in [9.17, 15) is 14.4 Å². The van der Waals surface area contributed by atoms with Crippen LogP contribution >= 0.6 is 0 Å². The maximum absolute atomic E-state index is 16.0. The average Bonchev–Trinajstić information content (AvgIpc) is 3.56. The van der Waals surface area contributed by atoms with Crippen LogP contribution < -0.4 is 14.8 Å². The number of Topliss-reactive ketones (excluding diaryl/α,β-unsaturated/α-hetero) is 1. The van der Waals surface area contributed by atoms with E-state index in [-0.39, 0.29) is 36.3 Å². The van der Waals surface area contributed by atoms with Crippen molar-refractivity contribution in [1.29, 1.82) is 0 Å². The third-order valence-corrected chi connectivity index (χ3v) is 9.64. The lowest BCUT2D eigenvalue weighted by atomic mass is 9.85. The van der Waals surface area contributed by atoms with Gasteiger partial charge in [-0.1, -0.05) is 27.7 Å². The summed E-state index contributed by atoms with van der Waals surface area (Å²) >= 11 is 0. The molecule has 0 unspecified atom stereocenters. The Morgan fingerprint density at radius 3 is 2.38 bits per heavy atom. The van der Waals surface area contributed by atoms with Gasteiger partial charge in [0.15, 0.2) is 11.5 Å². The molecule has 1 N–H and O–H groups in total. The number of alkyl carbamates (subject to hydrolysis) is 1. The zero-order valence-corrected chi connectivity index (χ0v) is 27.4. The monoisotopic (exact) mass is 666 g/mol. The first-order valence-corrected chi connectivity index (χ1v) is 16.0. The quantitative estimate of drug-likeness (QED) is 0.386. The first kappa shape index (κ1) is 34.6. The van der Waals surface area contributed by atoms with E-state index in [0.29, 0.717) is 25.0 Å². The van der Waals surface area contributed by atoms with Gasteiger partial charge in [-0.15, -0.1) is 0 Å². The minimum absolute atomic E-state index is 0.0637. The van der Waals surface area contributed by atoms with Crippen molar-refractivity contribution in [3.8, 4) is 11.6 Å². The molecule has 258 valence electrons. The molecule has 1 aliphatic carbocycles. The molecule has 2 aromatic rings. The third kappa shape index (κ3) is 6.69. The number of methoxy groups -OCH3 is 1. The Balaban J connectivity index is 1.63. The Kier molecular flexibility index (Phi) is 9.37. The Morgan fingerprint density at radius 1 is 1.02 bits per heavy atom. The van der Waals surface area contributed by atoms with E-state index in [0.717, 1.165) is 0 Å². The van der Waals surface area contributed by atoms with Crippen LogP contribution in [0.5, 0.6) is 11.6 Å². The summed E-state index contributed by atoms with van der Waals surface area (Å²) in [7, 11) is 1.40. The van der Waals surface area contributed by atoms with Crippen molar-refractivity contribution in [3.63, 3.8) is 0 Å². The highest BCUT2D eigenvalue weighted by molar-refractivity contribution is 5.92. The molecule has 14 heteroatoms. The summed E-state index contributed by atoms with van der Waals surface area (Å²) < 4.78 is 80.1. The van der Waals surface area contributed by atoms with Gasteiger partial charge in [0.05, 0.1) is 30.7 Å². The van der Waals surface area contributed by atoms with Crippen molar-refractivity contribution < 1.29 is 46.2 Å². The number of nitrogens with zero attached hydrogens (tertiary/aromatic N) is 3. The van der Waals surface area contributed by atoms with Crippen molar-refractivity contribution in [2.75, 3.05) is 13.7 Å². The lowest BCUT2D eigenvalue weighted by Gasteiger charge is -2.35. The number of benzene rings is 1. The predicted molar refractivity (Wildman–Crippen MR) is 163 cm³/mol. The maximum Gasteiger partial charge on any atom is 0.408 e. The van der Waals surface area contributed by atoms with Crippen LogP contribution in [-0.2, 0) is 20.2 Å². The Morgan fingerprint density at radius 2 is 1.72 bits per heavy atom. The lowest BCUT2D eigenvalue weighted by molar-refractivity contribution is -0.223. The van der Waals surface area contributed by atoms with Crippen LogP contribution in [0.25, 0.3) is 11.0 Å². The third-order valence-electron chi connectivity index (χ3n) is 9.64. The van der Waals surface area contributed by atoms with Gasteiger partial charge in [0, 0.05) is 18.4 Å². The van der Waals surface area contributed by atoms with E-state index >= 15 is 17.6 Å². The summed E-state index contributed by atoms with van der Waals surface area (Å²) in [6.07, 6.45) is -2.14. The number of fused-ring (bicyclic) bond motifs is 5. The molecule has 47 heavy (non-hydrogen) atoms. The Bertz CT molecular complexity index is 1530. The number of rotatable bonds is 2. The molecule has 1 saturated carbocycles. The second-order valence-corrected chi connectivity index (χ2v) is 14.0. The van der Waals surface area contributed by atoms with Crippen LogP contribution in [0.1, 0.15) is 78.8 Å². The first-order valence-electron chi connectivity index (χ1n) is 16.0. The van der Waals surface area contributed by atoms with Crippen molar-refractivity contribution >= 4 is 28.8 Å². The van der Waals surface area contributed by atoms with E-state index in [1.165, 1.54) is 37.1 Å². The fraction of sp³-hybridized carbons (Fsp3) is 0.667. The summed E-state index contributed by atoms with van der Waals surface area (Å²) in [6.45, 7) is 7.88. The number of ketones is 1. The number of ether oxygens (including phenoxy) is 3. The van der Waals surface area contributed by atoms with E-state index in [2.05, 4.69) is 15.3 Å². The van der Waals surface area contributed by atoms with Crippen LogP contribution in [0.2, 0.25) is 0 Å². The largest absolute Gasteiger partial charge is 0.497 e. The zero-order valence-electron chi connectivity index (χ0n) is 27.4. The fourth-order valence-electron chi connectivity index (χ4n) is 7.01. The number of halogens is 4. The number of hydrogen-bond donors (Lipinski definition) is 1. The highest BCUT2D eigenvalue weighted by Crippen LogP contribution is 2.49. The van der Waals surface area contributed by atoms with Gasteiger partial charge in [0.2, 0.25) is 11.8 Å². The van der Waals surface area contributed by atoms with E-state index in [1.54, 1.807) is 27.7 Å². The second-order valence-electron chi connectivity index (χ2n) is 14.0. The van der Waals surface area contributed by atoms with E-state index in [4.69, 9.17) is 14.2 Å². The molecule has 2 fully saturated rings. The van der Waals surface area contributed by atoms with Crippen molar-refractivity contribution in [1.82, 2.24) is 20.2 Å². The molecule has 0 radical (unpaired) electrons. The maximum atomic E-state index is 16.0. The number of alkyl halides is 4. The molecule has 2 bridgehead atoms. The van der Waals surface area contributed by atoms with Gasteiger partial charge in [-0.3, -0.25) is 9.59 Å². The lowest BCUT2D eigenvalue weighted by Crippen LogP contribution is -2.57. The Hall–Kier alpha value is -3.71. The molecule has 5 rings (SSSR count). The molecule has 0 spiro atoms. The molecule has 1 aromatic heterocycles. The summed E-state index contributed by atoms with van der Waals surface area (Å²) in [5, 5.41) is 2.69. The average molecular weight is 667 g/mol. The zero-order chi connectivity index (χ0) is 34.5. The molecule has 2 amide bonds. The number of hydrogen-bond acceptors (Lipinski definition) is 8. The SMILES string of the molecule is COc1ccc2nc3c(nc2c1)O[C@H]1CN(C(=O)[C@H](C(C)(C)C)NC(=O)O[C@@H]2CCC[C@H]2CCCC(F)(F)C3(F)F)[C@H](C(C)=O)[C@@H]1C. The van der Waals surface area contributed by atoms with Crippen LogP contribution in [-0.4, -0.2) is 76.5 Å². The van der Waals surface area contributed by atoms with Crippen molar-refractivity contribution in [3.05, 3.63) is 23.9 Å². The number of carbonyl (C=O) groups excluding carboxylic acids is 3. The van der Waals surface area contributed by atoms with E-state index in [1.807, 2.05) is 0 Å². The van der Waals surface area contributed by atoms with Gasteiger partial charge in [-0.25, -0.2) is 14.8 Å². The number of carbonyl (C=O) groups is 3. The molecule has 2 aliphatic heterocycles. The van der Waals surface area contributed by atoms with Gasteiger partial charge >= 0.3 is 17.9 Å². The summed E-state index contributed by atoms with van der Waals surface area (Å²) in [4.78, 5) is 49.7. The van der Waals surface area contributed by atoms with Gasteiger partial charge in [0.1, 0.15) is 24.0 Å². The molecule has 1 aromatic carbocycles. The highest BCUT2D eigenvalue weighted by Gasteiger charge is 2.60. The molecule has 1 saturated heterocycles. The van der Waals surface area contributed by atoms with Gasteiger partial charge in [-0.05, 0) is 62.5 Å². The molecule has 3 heterocycles. The predicted octanol–water partition coefficient (Wildman–Crippen LogP) is 6.04. The topological polar surface area (TPSA) is 120 Å². The minimum Gasteiger partial charge on any atom is -0.497 e. The molecular formula is C33H42F4N4O6. The van der Waals surface area contributed by atoms with Crippen LogP contribution in [0, 0.1) is 17.3 Å². The summed E-state index contributed by atoms with van der Waals surface area (Å²) in [6, 6.07) is 2.03. The number of aromatic nitrogens is 2. The number of nitrogens with one attached hydrogen (secondary N) is 1. The molecular weight excluding hydrogens is 624 g/mol. The smallest absolute Gasteiger partial charge is 0.408 e. The van der Waals surface area contributed by atoms with Crippen molar-refractivity contribution in [2.45, 2.75) is 109 Å². The highest BCUT2D eigenvalue weighted by atomic mass is 19.3. The van der Waals surface area contributed by atoms with Gasteiger partial charge in [-0.2, -0.15) is 17.6 Å². The van der Waals surface area contributed by atoms with Crippen LogP contribution in [0.4, 0.5) is 22.4 Å². The van der Waals surface area contributed by atoms with Crippen LogP contribution in [0.15, 0.2) is 18.2 Å². The second kappa shape index (κ2) is 12.7. The summed E-state index contributed by atoms with van der Waals surface area (Å²) in [5.41, 5.74) is -2.16.